The second-order valence-corrected chi connectivity index (χ2v) is 2.20. The van der Waals surface area contributed by atoms with E-state index in [0.29, 0.717) is 0 Å². The van der Waals surface area contributed by atoms with Crippen LogP contribution in [0.3, 0.4) is 0 Å². The minimum Gasteiger partial charge on any atom is -0.339 e. The van der Waals surface area contributed by atoms with Crippen molar-refractivity contribution in [1.29, 1.82) is 0 Å². The number of rotatable bonds is 0. The van der Waals surface area contributed by atoms with Crippen molar-refractivity contribution in [2.24, 2.45) is 0 Å². The van der Waals surface area contributed by atoms with Crippen LogP contribution in [-0.2, 0) is 0 Å². The molecule has 1 aromatic heterocycles. The minimum absolute atomic E-state index is 1.02. The van der Waals surface area contributed by atoms with Crippen LogP contribution in [0.2, 0.25) is 0 Å². The molecule has 2 aromatic rings. The third kappa shape index (κ3) is 0.589. The molecule has 0 saturated heterocycles. The standard InChI is InChI=1S/C8H7N2/c9-10-6-5-7-3-1-2-4-8(7)10/h1-4,6H,9H2. The van der Waals surface area contributed by atoms with E-state index in [1.54, 1.807) is 10.9 Å². The maximum atomic E-state index is 5.56. The number of aromatic nitrogens is 1. The Balaban J connectivity index is 2.93. The maximum Gasteiger partial charge on any atom is 0.0696 e. The summed E-state index contributed by atoms with van der Waals surface area (Å²) in [5.41, 5.74) is 1.02. The van der Waals surface area contributed by atoms with E-state index in [2.05, 4.69) is 6.07 Å². The lowest BCUT2D eigenvalue weighted by atomic mass is 10.3. The van der Waals surface area contributed by atoms with Crippen LogP contribution in [-0.4, -0.2) is 4.68 Å². The smallest absolute Gasteiger partial charge is 0.0696 e. The Labute approximate surface area is 58.8 Å². The average Bonchev–Trinajstić information content (AvgIpc) is 2.34. The number of nitrogens with two attached hydrogens (primary N) is 1. The second kappa shape index (κ2) is 1.77. The molecular formula is C8H7N2. The lowest BCUT2D eigenvalue weighted by molar-refractivity contribution is 1.07. The summed E-state index contributed by atoms with van der Waals surface area (Å²) in [5.74, 6) is 5.56. The van der Waals surface area contributed by atoms with Gasteiger partial charge in [-0.2, -0.15) is 0 Å². The Morgan fingerprint density at radius 2 is 2.10 bits per heavy atom. The lowest BCUT2D eigenvalue weighted by Crippen LogP contribution is -2.04. The molecule has 0 bridgehead atoms. The van der Waals surface area contributed by atoms with Crippen LogP contribution in [0.1, 0.15) is 0 Å². The fourth-order valence-electron chi connectivity index (χ4n) is 1.03. The van der Waals surface area contributed by atoms with Crippen LogP contribution in [0.4, 0.5) is 0 Å². The zero-order valence-electron chi connectivity index (χ0n) is 5.41. The molecule has 1 aromatic carbocycles. The molecule has 0 atom stereocenters. The predicted octanol–water partition coefficient (Wildman–Crippen LogP) is 1.16. The molecule has 1 radical (unpaired) electrons. The third-order valence-corrected chi connectivity index (χ3v) is 1.54. The highest BCUT2D eigenvalue weighted by Crippen LogP contribution is 2.10. The van der Waals surface area contributed by atoms with Crippen molar-refractivity contribution < 1.29 is 0 Å². The van der Waals surface area contributed by atoms with E-state index >= 15 is 0 Å². The second-order valence-electron chi connectivity index (χ2n) is 2.20. The van der Waals surface area contributed by atoms with Crippen molar-refractivity contribution in [2.75, 3.05) is 5.84 Å². The number of nitrogens with zero attached hydrogens (tertiary/aromatic N) is 1. The average molecular weight is 131 g/mol. The van der Waals surface area contributed by atoms with Crippen LogP contribution in [0.5, 0.6) is 0 Å². The highest BCUT2D eigenvalue weighted by molar-refractivity contribution is 5.79. The van der Waals surface area contributed by atoms with E-state index in [1.165, 1.54) is 0 Å². The van der Waals surface area contributed by atoms with Gasteiger partial charge in [-0.15, -0.1) is 0 Å². The molecular weight excluding hydrogens is 124 g/mol. The molecule has 2 nitrogen and oxygen atoms in total. The highest BCUT2D eigenvalue weighted by atomic mass is 15.3. The van der Waals surface area contributed by atoms with Gasteiger partial charge in [-0.05, 0) is 6.07 Å². The number of benzene rings is 1. The molecule has 0 spiro atoms. The Hall–Kier alpha value is -1.44. The molecule has 0 amide bonds. The van der Waals surface area contributed by atoms with Gasteiger partial charge in [0.2, 0.25) is 0 Å². The molecule has 0 aliphatic rings. The normalized spacial score (nSPS) is 10.4. The molecule has 49 valence electrons. The van der Waals surface area contributed by atoms with Crippen LogP contribution in [0, 0.1) is 6.07 Å². The number of hydrogen-bond donors (Lipinski definition) is 1. The zero-order valence-corrected chi connectivity index (χ0v) is 5.41. The largest absolute Gasteiger partial charge is 0.339 e. The SMILES string of the molecule is Nn1c[c]c2ccccc21. The van der Waals surface area contributed by atoms with Gasteiger partial charge in [0, 0.05) is 17.6 Å². The van der Waals surface area contributed by atoms with Gasteiger partial charge in [-0.25, -0.2) is 0 Å². The van der Waals surface area contributed by atoms with Gasteiger partial charge in [0.15, 0.2) is 0 Å². The fraction of sp³-hybridized carbons (Fsp3) is 0. The number of fused-ring (bicyclic) bond motifs is 1. The number of nitrogen functional groups attached to an aromatic ring is 1. The Kier molecular flexibility index (Phi) is 0.947. The lowest BCUT2D eigenvalue weighted by Gasteiger charge is -1.92. The third-order valence-electron chi connectivity index (χ3n) is 1.54. The van der Waals surface area contributed by atoms with Crippen LogP contribution < -0.4 is 5.84 Å². The monoisotopic (exact) mass is 131 g/mol. The molecule has 0 fully saturated rings. The number of para-hydroxylation sites is 1. The first-order valence-electron chi connectivity index (χ1n) is 3.11. The van der Waals surface area contributed by atoms with Crippen molar-refractivity contribution in [1.82, 2.24) is 4.68 Å². The van der Waals surface area contributed by atoms with Crippen LogP contribution in [0.25, 0.3) is 10.9 Å². The molecule has 0 saturated carbocycles. The number of hydrogen-bond acceptors (Lipinski definition) is 1. The first-order valence-corrected chi connectivity index (χ1v) is 3.11. The zero-order chi connectivity index (χ0) is 6.97. The Morgan fingerprint density at radius 3 is 2.90 bits per heavy atom. The van der Waals surface area contributed by atoms with Gasteiger partial charge in [0.1, 0.15) is 0 Å². The van der Waals surface area contributed by atoms with Crippen molar-refractivity contribution in [2.45, 2.75) is 0 Å². The van der Waals surface area contributed by atoms with Crippen molar-refractivity contribution >= 4 is 10.9 Å². The fourth-order valence-corrected chi connectivity index (χ4v) is 1.03. The van der Waals surface area contributed by atoms with Crippen LogP contribution in [0.15, 0.2) is 30.5 Å². The molecule has 0 aliphatic carbocycles. The quantitative estimate of drug-likeness (QED) is 0.534. The van der Waals surface area contributed by atoms with Gasteiger partial charge in [-0.1, -0.05) is 18.2 Å². The van der Waals surface area contributed by atoms with E-state index in [-0.39, 0.29) is 0 Å². The highest BCUT2D eigenvalue weighted by Gasteiger charge is 1.93. The Morgan fingerprint density at radius 1 is 1.30 bits per heavy atom. The summed E-state index contributed by atoms with van der Waals surface area (Å²) in [6.45, 7) is 0. The topological polar surface area (TPSA) is 30.9 Å². The molecule has 0 unspecified atom stereocenters. The molecule has 0 aliphatic heterocycles. The first kappa shape index (κ1) is 5.35. The summed E-state index contributed by atoms with van der Waals surface area (Å²) < 4.78 is 1.56. The predicted molar refractivity (Wildman–Crippen MR) is 40.9 cm³/mol. The molecule has 10 heavy (non-hydrogen) atoms. The first-order chi connectivity index (χ1) is 4.88. The Bertz CT molecular complexity index is 349. The summed E-state index contributed by atoms with van der Waals surface area (Å²) in [6.07, 6.45) is 1.73. The van der Waals surface area contributed by atoms with E-state index in [9.17, 15) is 0 Å². The molecule has 1 heterocycles. The van der Waals surface area contributed by atoms with Crippen molar-refractivity contribution in [3.63, 3.8) is 0 Å². The summed E-state index contributed by atoms with van der Waals surface area (Å²) >= 11 is 0. The molecule has 2 rings (SSSR count). The summed E-state index contributed by atoms with van der Waals surface area (Å²) in [7, 11) is 0. The van der Waals surface area contributed by atoms with E-state index in [1.807, 2.05) is 24.3 Å². The molecule has 2 N–H and O–H groups in total. The van der Waals surface area contributed by atoms with Crippen molar-refractivity contribution in [3.05, 3.63) is 36.5 Å². The van der Waals surface area contributed by atoms with Crippen LogP contribution >= 0.6 is 0 Å². The van der Waals surface area contributed by atoms with E-state index in [0.717, 1.165) is 10.9 Å². The van der Waals surface area contributed by atoms with E-state index in [4.69, 9.17) is 5.84 Å². The van der Waals surface area contributed by atoms with Gasteiger partial charge in [0.25, 0.3) is 0 Å². The molecule has 2 heteroatoms. The maximum absolute atomic E-state index is 5.56. The summed E-state index contributed by atoms with van der Waals surface area (Å²) in [6, 6.07) is 10.9. The minimum atomic E-state index is 1.02. The summed E-state index contributed by atoms with van der Waals surface area (Å²) in [4.78, 5) is 0. The van der Waals surface area contributed by atoms with E-state index < -0.39 is 0 Å². The van der Waals surface area contributed by atoms with Gasteiger partial charge in [0.05, 0.1) is 5.52 Å². The van der Waals surface area contributed by atoms with Crippen molar-refractivity contribution in [3.8, 4) is 0 Å². The summed E-state index contributed by atoms with van der Waals surface area (Å²) in [5, 5.41) is 1.06. The van der Waals surface area contributed by atoms with Gasteiger partial charge in [-0.3, -0.25) is 4.68 Å². The van der Waals surface area contributed by atoms with Gasteiger partial charge >= 0.3 is 0 Å². The van der Waals surface area contributed by atoms with Gasteiger partial charge < -0.3 is 5.84 Å².